The number of benzene rings is 2. The SMILES string of the molecule is C=CCNc1cc(F)cc(C2CC2)c1-c1cc(Cl)c(C(=O)Nc2cnc(-n3nccn3)c(C(F)(F)F)c2)cc1C. The van der Waals surface area contributed by atoms with Crippen molar-refractivity contribution >= 4 is 28.9 Å². The van der Waals surface area contributed by atoms with Crippen molar-refractivity contribution in [2.75, 3.05) is 17.2 Å². The fraction of sp³-hybridized carbons (Fsp3) is 0.214. The summed E-state index contributed by atoms with van der Waals surface area (Å²) in [5, 5.41) is 13.1. The second kappa shape index (κ2) is 10.7. The van der Waals surface area contributed by atoms with Gasteiger partial charge in [0, 0.05) is 17.8 Å². The number of carbonyl (C=O) groups is 1. The van der Waals surface area contributed by atoms with Gasteiger partial charge < -0.3 is 10.6 Å². The van der Waals surface area contributed by atoms with Gasteiger partial charge >= 0.3 is 6.18 Å². The summed E-state index contributed by atoms with van der Waals surface area (Å²) < 4.78 is 55.7. The number of alkyl halides is 3. The minimum atomic E-state index is -4.78. The number of aryl methyl sites for hydroxylation is 1. The predicted molar refractivity (Wildman–Crippen MR) is 144 cm³/mol. The first-order valence-corrected chi connectivity index (χ1v) is 12.7. The van der Waals surface area contributed by atoms with Gasteiger partial charge in [0.05, 0.1) is 34.9 Å². The van der Waals surface area contributed by atoms with Gasteiger partial charge in [-0.3, -0.25) is 4.79 Å². The number of aromatic nitrogens is 4. The Morgan fingerprint density at radius 2 is 1.90 bits per heavy atom. The zero-order valence-corrected chi connectivity index (χ0v) is 21.9. The number of amides is 1. The Labute approximate surface area is 231 Å². The van der Waals surface area contributed by atoms with Crippen molar-refractivity contribution in [3.63, 3.8) is 0 Å². The molecule has 1 aliphatic rings. The lowest BCUT2D eigenvalue weighted by atomic mass is 9.90. The lowest BCUT2D eigenvalue weighted by Gasteiger charge is -2.19. The number of nitrogens with zero attached hydrogens (tertiary/aromatic N) is 4. The topological polar surface area (TPSA) is 84.7 Å². The maximum Gasteiger partial charge on any atom is 0.420 e. The van der Waals surface area contributed by atoms with Crippen molar-refractivity contribution in [1.82, 2.24) is 20.0 Å². The normalized spacial score (nSPS) is 13.2. The van der Waals surface area contributed by atoms with E-state index in [1.807, 2.05) is 0 Å². The van der Waals surface area contributed by atoms with Crippen LogP contribution in [0.4, 0.5) is 28.9 Å². The zero-order chi connectivity index (χ0) is 28.6. The Morgan fingerprint density at radius 3 is 2.55 bits per heavy atom. The van der Waals surface area contributed by atoms with Crippen LogP contribution in [-0.4, -0.2) is 32.4 Å². The number of carbonyl (C=O) groups excluding carboxylic acids is 1. The molecule has 12 heteroatoms. The number of pyridine rings is 1. The second-order valence-electron chi connectivity index (χ2n) is 9.37. The third-order valence-electron chi connectivity index (χ3n) is 6.45. The second-order valence-corrected chi connectivity index (χ2v) is 9.78. The van der Waals surface area contributed by atoms with Gasteiger partial charge in [-0.25, -0.2) is 9.37 Å². The van der Waals surface area contributed by atoms with Crippen molar-refractivity contribution in [2.24, 2.45) is 0 Å². The summed E-state index contributed by atoms with van der Waals surface area (Å²) in [7, 11) is 0. The van der Waals surface area contributed by atoms with Crippen LogP contribution in [0.3, 0.4) is 0 Å². The number of hydrogen-bond acceptors (Lipinski definition) is 5. The summed E-state index contributed by atoms with van der Waals surface area (Å²) in [4.78, 5) is 17.7. The summed E-state index contributed by atoms with van der Waals surface area (Å²) in [5.74, 6) is -1.39. The third kappa shape index (κ3) is 5.55. The molecule has 1 aliphatic carbocycles. The molecule has 1 fully saturated rings. The molecule has 0 radical (unpaired) electrons. The summed E-state index contributed by atoms with van der Waals surface area (Å²) in [6, 6.07) is 6.87. The molecule has 0 bridgehead atoms. The largest absolute Gasteiger partial charge is 0.420 e. The molecule has 1 amide bonds. The average molecular weight is 571 g/mol. The van der Waals surface area contributed by atoms with E-state index in [-0.39, 0.29) is 28.0 Å². The van der Waals surface area contributed by atoms with E-state index in [9.17, 15) is 22.4 Å². The van der Waals surface area contributed by atoms with Gasteiger partial charge in [-0.15, -0.1) is 11.4 Å². The quantitative estimate of drug-likeness (QED) is 0.173. The van der Waals surface area contributed by atoms with Crippen molar-refractivity contribution in [1.29, 1.82) is 0 Å². The summed E-state index contributed by atoms with van der Waals surface area (Å²) >= 11 is 6.56. The maximum absolute atomic E-state index is 14.5. The van der Waals surface area contributed by atoms with Crippen LogP contribution >= 0.6 is 11.6 Å². The van der Waals surface area contributed by atoms with Crippen LogP contribution in [-0.2, 0) is 6.18 Å². The molecule has 0 unspecified atom stereocenters. The molecule has 0 spiro atoms. The molecule has 2 heterocycles. The smallest absolute Gasteiger partial charge is 0.381 e. The molecule has 40 heavy (non-hydrogen) atoms. The van der Waals surface area contributed by atoms with Gasteiger partial charge in [0.15, 0.2) is 5.82 Å². The number of halogens is 5. The molecule has 5 rings (SSSR count). The molecule has 7 nitrogen and oxygen atoms in total. The molecule has 2 N–H and O–H groups in total. The first kappa shape index (κ1) is 27.3. The van der Waals surface area contributed by atoms with Crippen molar-refractivity contribution < 1.29 is 22.4 Å². The highest BCUT2D eigenvalue weighted by Gasteiger charge is 2.36. The highest BCUT2D eigenvalue weighted by atomic mass is 35.5. The van der Waals surface area contributed by atoms with Crippen LogP contribution in [0, 0.1) is 12.7 Å². The van der Waals surface area contributed by atoms with E-state index in [4.69, 9.17) is 11.6 Å². The molecule has 2 aromatic carbocycles. The van der Waals surface area contributed by atoms with Crippen LogP contribution in [0.1, 0.15) is 45.8 Å². The van der Waals surface area contributed by atoms with Crippen molar-refractivity contribution in [2.45, 2.75) is 31.9 Å². The highest BCUT2D eigenvalue weighted by Crippen LogP contribution is 2.48. The molecule has 4 aromatic rings. The van der Waals surface area contributed by atoms with Crippen LogP contribution in [0.2, 0.25) is 5.02 Å². The van der Waals surface area contributed by atoms with Gasteiger partial charge in [-0.05, 0) is 72.7 Å². The molecule has 0 saturated heterocycles. The lowest BCUT2D eigenvalue weighted by Crippen LogP contribution is -2.17. The Kier molecular flexibility index (Phi) is 7.33. The van der Waals surface area contributed by atoms with E-state index < -0.39 is 23.5 Å². The van der Waals surface area contributed by atoms with E-state index in [2.05, 4.69) is 32.4 Å². The van der Waals surface area contributed by atoms with E-state index in [1.165, 1.54) is 24.5 Å². The van der Waals surface area contributed by atoms with Crippen LogP contribution < -0.4 is 10.6 Å². The molecule has 206 valence electrons. The first-order valence-electron chi connectivity index (χ1n) is 12.3. The van der Waals surface area contributed by atoms with E-state index >= 15 is 0 Å². The zero-order valence-electron chi connectivity index (χ0n) is 21.2. The monoisotopic (exact) mass is 570 g/mol. The van der Waals surface area contributed by atoms with Gasteiger partial charge in [-0.2, -0.15) is 23.4 Å². The number of rotatable bonds is 8. The molecular formula is C28H23ClF4N6O. The number of nitrogens with one attached hydrogen (secondary N) is 2. The van der Waals surface area contributed by atoms with Crippen molar-refractivity contribution in [3.05, 3.63) is 94.7 Å². The predicted octanol–water partition coefficient (Wildman–Crippen LogP) is 7.18. The minimum Gasteiger partial charge on any atom is -0.381 e. The van der Waals surface area contributed by atoms with Crippen LogP contribution in [0.25, 0.3) is 16.9 Å². The summed E-state index contributed by atoms with van der Waals surface area (Å²) in [6.45, 7) is 5.91. The molecule has 0 atom stereocenters. The Balaban J connectivity index is 1.49. The summed E-state index contributed by atoms with van der Waals surface area (Å²) in [6.07, 6.45) is 2.29. The number of anilines is 2. The van der Waals surface area contributed by atoms with E-state index in [1.54, 1.807) is 25.1 Å². The van der Waals surface area contributed by atoms with Gasteiger partial charge in [-0.1, -0.05) is 17.7 Å². The molecule has 0 aliphatic heterocycles. The van der Waals surface area contributed by atoms with Crippen molar-refractivity contribution in [3.8, 4) is 16.9 Å². The van der Waals surface area contributed by atoms with Gasteiger partial charge in [0.1, 0.15) is 11.4 Å². The summed E-state index contributed by atoms with van der Waals surface area (Å²) in [5.41, 5.74) is 2.37. The first-order chi connectivity index (χ1) is 19.1. The fourth-order valence-electron chi connectivity index (χ4n) is 4.51. The molecular weight excluding hydrogens is 548 g/mol. The Bertz CT molecular complexity index is 1600. The van der Waals surface area contributed by atoms with E-state index in [0.717, 1.165) is 41.0 Å². The average Bonchev–Trinajstić information content (AvgIpc) is 3.61. The number of hydrogen-bond donors (Lipinski definition) is 2. The Morgan fingerprint density at radius 1 is 1.18 bits per heavy atom. The minimum absolute atomic E-state index is 0.0602. The van der Waals surface area contributed by atoms with Gasteiger partial charge in [0.2, 0.25) is 0 Å². The van der Waals surface area contributed by atoms with Gasteiger partial charge in [0.25, 0.3) is 5.91 Å². The highest BCUT2D eigenvalue weighted by molar-refractivity contribution is 6.34. The fourth-order valence-corrected chi connectivity index (χ4v) is 4.76. The van der Waals surface area contributed by atoms with E-state index in [0.29, 0.717) is 23.4 Å². The standard InChI is InChI=1S/C28H23ClF4N6O/c1-3-6-34-24-11-17(30)10-20(16-4-5-16)25(24)19-13-23(29)21(9-15(19)2)27(40)38-18-12-22(28(31,32)33)26(35-14-18)39-36-7-8-37-39/h3,7-14,16,34H,1,4-6H2,2H3,(H,38,40). The van der Waals surface area contributed by atoms with Crippen LogP contribution in [0.15, 0.2) is 61.6 Å². The Hall–Kier alpha value is -4.25. The maximum atomic E-state index is 14.5. The third-order valence-corrected chi connectivity index (χ3v) is 6.77. The molecule has 1 saturated carbocycles. The molecule has 2 aromatic heterocycles. The van der Waals surface area contributed by atoms with Crippen LogP contribution in [0.5, 0.6) is 0 Å². The lowest BCUT2D eigenvalue weighted by molar-refractivity contribution is -0.137.